The minimum absolute atomic E-state index is 0.0659. The summed E-state index contributed by atoms with van der Waals surface area (Å²) in [4.78, 5) is 11.1. The Morgan fingerprint density at radius 3 is 2.62 bits per heavy atom. The van der Waals surface area contributed by atoms with Crippen molar-refractivity contribution in [3.05, 3.63) is 5.69 Å². The molecule has 0 radical (unpaired) electrons. The maximum atomic E-state index is 11.1. The third kappa shape index (κ3) is 1.61. The normalized spacial score (nSPS) is 10.5. The standard InChI is InChI=1S/C7H12N4O2/c1-4(2)11-6(8)5(9-10-11)7(12)13-3/h4H,8H2,1-3H3. The van der Waals surface area contributed by atoms with E-state index in [1.54, 1.807) is 0 Å². The molecule has 13 heavy (non-hydrogen) atoms. The first-order valence-corrected chi connectivity index (χ1v) is 3.87. The van der Waals surface area contributed by atoms with Gasteiger partial charge in [-0.15, -0.1) is 5.10 Å². The van der Waals surface area contributed by atoms with E-state index in [9.17, 15) is 4.79 Å². The van der Waals surface area contributed by atoms with Crippen LogP contribution in [0.4, 0.5) is 5.82 Å². The van der Waals surface area contributed by atoms with Crippen molar-refractivity contribution in [3.63, 3.8) is 0 Å². The molecular weight excluding hydrogens is 172 g/mol. The molecule has 72 valence electrons. The molecule has 0 spiro atoms. The first kappa shape index (κ1) is 9.50. The van der Waals surface area contributed by atoms with Gasteiger partial charge in [0, 0.05) is 0 Å². The number of nitrogens with two attached hydrogens (primary N) is 1. The molecule has 0 saturated carbocycles. The third-order valence-electron chi connectivity index (χ3n) is 1.60. The van der Waals surface area contributed by atoms with Gasteiger partial charge in [0.1, 0.15) is 0 Å². The lowest BCUT2D eigenvalue weighted by Gasteiger charge is -2.05. The van der Waals surface area contributed by atoms with Crippen LogP contribution in [0.3, 0.4) is 0 Å². The van der Waals surface area contributed by atoms with E-state index >= 15 is 0 Å². The number of hydrogen-bond donors (Lipinski definition) is 1. The lowest BCUT2D eigenvalue weighted by Crippen LogP contribution is -2.10. The van der Waals surface area contributed by atoms with Crippen LogP contribution in [0.1, 0.15) is 30.4 Å². The zero-order valence-corrected chi connectivity index (χ0v) is 7.81. The SMILES string of the molecule is COC(=O)c1nnn(C(C)C)c1N. The van der Waals surface area contributed by atoms with Gasteiger partial charge in [0.05, 0.1) is 13.2 Å². The molecule has 6 heteroatoms. The minimum Gasteiger partial charge on any atom is -0.464 e. The van der Waals surface area contributed by atoms with E-state index in [4.69, 9.17) is 5.73 Å². The summed E-state index contributed by atoms with van der Waals surface area (Å²) in [6.07, 6.45) is 0. The topological polar surface area (TPSA) is 83.0 Å². The van der Waals surface area contributed by atoms with Crippen molar-refractivity contribution in [3.8, 4) is 0 Å². The maximum Gasteiger partial charge on any atom is 0.362 e. The van der Waals surface area contributed by atoms with Crippen molar-refractivity contribution in [1.82, 2.24) is 15.0 Å². The van der Waals surface area contributed by atoms with Crippen LogP contribution in [-0.2, 0) is 4.74 Å². The predicted octanol–water partition coefficient (Wildman–Crippen LogP) is 0.228. The second-order valence-electron chi connectivity index (χ2n) is 2.85. The van der Waals surface area contributed by atoms with E-state index in [1.165, 1.54) is 11.8 Å². The van der Waals surface area contributed by atoms with Crippen molar-refractivity contribution in [1.29, 1.82) is 0 Å². The summed E-state index contributed by atoms with van der Waals surface area (Å²) >= 11 is 0. The monoisotopic (exact) mass is 184 g/mol. The summed E-state index contributed by atoms with van der Waals surface area (Å²) in [6.45, 7) is 3.79. The number of methoxy groups -OCH3 is 1. The number of ether oxygens (including phenoxy) is 1. The largest absolute Gasteiger partial charge is 0.464 e. The van der Waals surface area contributed by atoms with E-state index in [2.05, 4.69) is 15.0 Å². The van der Waals surface area contributed by atoms with Crippen molar-refractivity contribution in [2.24, 2.45) is 0 Å². The Bertz CT molecular complexity index is 318. The smallest absolute Gasteiger partial charge is 0.362 e. The fraction of sp³-hybridized carbons (Fsp3) is 0.571. The van der Waals surface area contributed by atoms with Crippen molar-refractivity contribution >= 4 is 11.8 Å². The highest BCUT2D eigenvalue weighted by molar-refractivity contribution is 5.91. The number of aromatic nitrogens is 3. The molecule has 0 bridgehead atoms. The second-order valence-corrected chi connectivity index (χ2v) is 2.85. The average Bonchev–Trinajstić information content (AvgIpc) is 2.46. The molecule has 1 heterocycles. The maximum absolute atomic E-state index is 11.1. The zero-order valence-electron chi connectivity index (χ0n) is 7.81. The highest BCUT2D eigenvalue weighted by atomic mass is 16.5. The van der Waals surface area contributed by atoms with Crippen molar-refractivity contribution in [2.45, 2.75) is 19.9 Å². The average molecular weight is 184 g/mol. The van der Waals surface area contributed by atoms with Gasteiger partial charge >= 0.3 is 5.97 Å². The Balaban J connectivity index is 3.06. The first-order chi connectivity index (χ1) is 6.07. The summed E-state index contributed by atoms with van der Waals surface area (Å²) < 4.78 is 5.94. The fourth-order valence-corrected chi connectivity index (χ4v) is 0.924. The lowest BCUT2D eigenvalue weighted by molar-refractivity contribution is 0.0595. The number of rotatable bonds is 2. The first-order valence-electron chi connectivity index (χ1n) is 3.87. The minimum atomic E-state index is -0.565. The van der Waals surface area contributed by atoms with Crippen LogP contribution in [-0.4, -0.2) is 28.1 Å². The number of anilines is 1. The van der Waals surface area contributed by atoms with Gasteiger partial charge in [0.2, 0.25) is 5.69 Å². The molecule has 1 aromatic rings. The van der Waals surface area contributed by atoms with Crippen LogP contribution in [0.2, 0.25) is 0 Å². The predicted molar refractivity (Wildman–Crippen MR) is 46.2 cm³/mol. The molecular formula is C7H12N4O2. The van der Waals surface area contributed by atoms with Crippen LogP contribution in [0.5, 0.6) is 0 Å². The summed E-state index contributed by atoms with van der Waals surface area (Å²) in [5.41, 5.74) is 5.68. The van der Waals surface area contributed by atoms with Gasteiger partial charge in [-0.2, -0.15) is 0 Å². The number of nitrogens with zero attached hydrogens (tertiary/aromatic N) is 3. The molecule has 1 rings (SSSR count). The number of hydrogen-bond acceptors (Lipinski definition) is 5. The highest BCUT2D eigenvalue weighted by Gasteiger charge is 2.18. The number of carbonyl (C=O) groups excluding carboxylic acids is 1. The number of nitrogen functional groups attached to an aromatic ring is 1. The molecule has 0 unspecified atom stereocenters. The van der Waals surface area contributed by atoms with E-state index in [0.717, 1.165) is 0 Å². The van der Waals surface area contributed by atoms with Crippen LogP contribution >= 0.6 is 0 Å². The van der Waals surface area contributed by atoms with Gasteiger partial charge in [-0.25, -0.2) is 9.48 Å². The van der Waals surface area contributed by atoms with E-state index < -0.39 is 5.97 Å². The molecule has 0 atom stereocenters. The molecule has 0 aromatic carbocycles. The van der Waals surface area contributed by atoms with Gasteiger partial charge < -0.3 is 10.5 Å². The second kappa shape index (κ2) is 3.42. The van der Waals surface area contributed by atoms with E-state index in [-0.39, 0.29) is 17.6 Å². The lowest BCUT2D eigenvalue weighted by atomic mass is 10.4. The quantitative estimate of drug-likeness (QED) is 0.665. The van der Waals surface area contributed by atoms with Crippen LogP contribution in [0.25, 0.3) is 0 Å². The molecule has 0 amide bonds. The fourth-order valence-electron chi connectivity index (χ4n) is 0.924. The molecule has 0 aliphatic rings. The van der Waals surface area contributed by atoms with Crippen molar-refractivity contribution in [2.75, 3.05) is 12.8 Å². The van der Waals surface area contributed by atoms with Crippen LogP contribution in [0, 0.1) is 0 Å². The molecule has 2 N–H and O–H groups in total. The van der Waals surface area contributed by atoms with Gasteiger partial charge in [-0.05, 0) is 13.8 Å². The molecule has 0 fully saturated rings. The summed E-state index contributed by atoms with van der Waals surface area (Å²) in [6, 6.07) is 0.0749. The van der Waals surface area contributed by atoms with Gasteiger partial charge in [-0.1, -0.05) is 5.21 Å². The van der Waals surface area contributed by atoms with Crippen molar-refractivity contribution < 1.29 is 9.53 Å². The van der Waals surface area contributed by atoms with E-state index in [1.807, 2.05) is 13.8 Å². The Morgan fingerprint density at radius 1 is 1.62 bits per heavy atom. The van der Waals surface area contributed by atoms with Gasteiger partial charge in [-0.3, -0.25) is 0 Å². The molecule has 6 nitrogen and oxygen atoms in total. The third-order valence-corrected chi connectivity index (χ3v) is 1.60. The highest BCUT2D eigenvalue weighted by Crippen LogP contribution is 2.13. The van der Waals surface area contributed by atoms with E-state index in [0.29, 0.717) is 0 Å². The molecule has 1 aromatic heterocycles. The Morgan fingerprint density at radius 2 is 2.23 bits per heavy atom. The Kier molecular flexibility index (Phi) is 2.50. The summed E-state index contributed by atoms with van der Waals surface area (Å²) in [5.74, 6) is -0.328. The molecule has 0 aliphatic heterocycles. The number of esters is 1. The van der Waals surface area contributed by atoms with Crippen LogP contribution in [0.15, 0.2) is 0 Å². The summed E-state index contributed by atoms with van der Waals surface area (Å²) in [5, 5.41) is 7.35. The van der Waals surface area contributed by atoms with Gasteiger partial charge in [0.15, 0.2) is 5.82 Å². The zero-order chi connectivity index (χ0) is 10.0. The Hall–Kier alpha value is -1.59. The van der Waals surface area contributed by atoms with Crippen LogP contribution < -0.4 is 5.73 Å². The molecule has 0 saturated heterocycles. The summed E-state index contributed by atoms with van der Waals surface area (Å²) in [7, 11) is 1.27. The number of carbonyl (C=O) groups is 1. The molecule has 0 aliphatic carbocycles. The van der Waals surface area contributed by atoms with Gasteiger partial charge in [0.25, 0.3) is 0 Å². The Labute approximate surface area is 75.7 Å².